The molecule has 6 rings (SSSR count). The second-order valence-corrected chi connectivity index (χ2v) is 11.5. The Balaban J connectivity index is 1.31. The molecule has 216 valence electrons. The third-order valence-corrected chi connectivity index (χ3v) is 9.04. The van der Waals surface area contributed by atoms with Gasteiger partial charge in [-0.2, -0.15) is 0 Å². The summed E-state index contributed by atoms with van der Waals surface area (Å²) in [5.41, 5.74) is 7.14. The number of hydrogen-bond donors (Lipinski definition) is 6. The number of allylic oxidation sites excluding steroid dienone is 1. The number of rotatable bonds is 6. The lowest BCUT2D eigenvalue weighted by Crippen LogP contribution is -2.63. The van der Waals surface area contributed by atoms with Crippen molar-refractivity contribution in [3.05, 3.63) is 100 Å². The fraction of sp³-hybridized carbons (Fsp3) is 0.303. The Labute approximate surface area is 242 Å². The Morgan fingerprint density at radius 1 is 0.929 bits per heavy atom. The van der Waals surface area contributed by atoms with Gasteiger partial charge in [-0.1, -0.05) is 60.7 Å². The first-order chi connectivity index (χ1) is 20.1. The second-order valence-electron chi connectivity index (χ2n) is 11.5. The zero-order chi connectivity index (χ0) is 29.8. The van der Waals surface area contributed by atoms with E-state index < -0.39 is 52.7 Å². The number of primary amides is 1. The van der Waals surface area contributed by atoms with Crippen LogP contribution in [-0.2, 0) is 29.1 Å². The number of benzene rings is 3. The van der Waals surface area contributed by atoms with E-state index in [2.05, 4.69) is 17.4 Å². The Morgan fingerprint density at radius 2 is 1.60 bits per heavy atom. The minimum atomic E-state index is -2.52. The molecule has 0 radical (unpaired) electrons. The van der Waals surface area contributed by atoms with Gasteiger partial charge < -0.3 is 31.5 Å². The van der Waals surface area contributed by atoms with Crippen LogP contribution < -0.4 is 11.1 Å². The third-order valence-electron chi connectivity index (χ3n) is 9.04. The molecule has 42 heavy (non-hydrogen) atoms. The fourth-order valence-corrected chi connectivity index (χ4v) is 6.95. The third kappa shape index (κ3) is 4.41. The summed E-state index contributed by atoms with van der Waals surface area (Å²) in [6.45, 7) is 1.41. The van der Waals surface area contributed by atoms with Crippen LogP contribution in [0.1, 0.15) is 39.9 Å². The van der Waals surface area contributed by atoms with Crippen molar-refractivity contribution in [1.29, 1.82) is 0 Å². The number of aromatic hydroxyl groups is 1. The molecule has 2 unspecified atom stereocenters. The molecule has 0 heterocycles. The van der Waals surface area contributed by atoms with Crippen molar-refractivity contribution in [1.82, 2.24) is 5.32 Å². The number of nitrogens with one attached hydrogen (secondary N) is 1. The van der Waals surface area contributed by atoms with E-state index in [1.54, 1.807) is 6.07 Å². The molecule has 1 amide bonds. The van der Waals surface area contributed by atoms with Crippen molar-refractivity contribution >= 4 is 17.5 Å². The van der Waals surface area contributed by atoms with Crippen LogP contribution in [0.5, 0.6) is 5.75 Å². The number of fused-ring (bicyclic) bond motifs is 3. The number of aliphatic hydroxyl groups is 3. The molecule has 5 atom stereocenters. The molecule has 3 aliphatic rings. The molecule has 3 aromatic rings. The summed E-state index contributed by atoms with van der Waals surface area (Å²) in [4.78, 5) is 38.9. The van der Waals surface area contributed by atoms with Gasteiger partial charge in [0.1, 0.15) is 17.4 Å². The monoisotopic (exact) mass is 568 g/mol. The molecule has 0 aliphatic heterocycles. The summed E-state index contributed by atoms with van der Waals surface area (Å²) in [6, 6.07) is 21.2. The van der Waals surface area contributed by atoms with Crippen molar-refractivity contribution in [2.24, 2.45) is 23.5 Å². The maximum atomic E-state index is 13.8. The van der Waals surface area contributed by atoms with Gasteiger partial charge >= 0.3 is 0 Å². The maximum Gasteiger partial charge on any atom is 0.230 e. The highest BCUT2D eigenvalue weighted by Crippen LogP contribution is 2.52. The highest BCUT2D eigenvalue weighted by Gasteiger charge is 2.62. The van der Waals surface area contributed by atoms with Gasteiger partial charge in [-0.25, -0.2) is 0 Å². The fourth-order valence-electron chi connectivity index (χ4n) is 6.95. The van der Waals surface area contributed by atoms with Crippen molar-refractivity contribution in [2.75, 3.05) is 0 Å². The molecule has 3 aliphatic carbocycles. The van der Waals surface area contributed by atoms with Crippen molar-refractivity contribution in [3.63, 3.8) is 0 Å². The zero-order valence-corrected chi connectivity index (χ0v) is 22.8. The van der Waals surface area contributed by atoms with E-state index in [1.807, 2.05) is 42.5 Å². The number of ketones is 2. The van der Waals surface area contributed by atoms with Crippen LogP contribution in [0.4, 0.5) is 0 Å². The van der Waals surface area contributed by atoms with Gasteiger partial charge in [0.2, 0.25) is 5.91 Å². The number of carbonyl (C=O) groups excluding carboxylic acids is 3. The molecule has 1 saturated carbocycles. The summed E-state index contributed by atoms with van der Waals surface area (Å²) < 4.78 is 0. The molecular weight excluding hydrogens is 536 g/mol. The molecule has 0 spiro atoms. The minimum absolute atomic E-state index is 0.00991. The number of amides is 1. The quantitative estimate of drug-likeness (QED) is 0.247. The Hall–Kier alpha value is -4.31. The molecular formula is C33H32N2O7. The molecule has 0 bridgehead atoms. The molecule has 0 saturated heterocycles. The number of Topliss-reactive ketones (excluding diaryl/α,β-unsaturated/α-hetero) is 2. The smallest absolute Gasteiger partial charge is 0.230 e. The predicted octanol–water partition coefficient (Wildman–Crippen LogP) is 2.70. The zero-order valence-electron chi connectivity index (χ0n) is 22.8. The second kappa shape index (κ2) is 10.5. The van der Waals surface area contributed by atoms with E-state index in [0.717, 1.165) is 23.2 Å². The van der Waals surface area contributed by atoms with Crippen LogP contribution in [0.15, 0.2) is 78.1 Å². The van der Waals surface area contributed by atoms with E-state index >= 15 is 0 Å². The Morgan fingerprint density at radius 3 is 2.26 bits per heavy atom. The maximum absolute atomic E-state index is 13.8. The lowest BCUT2D eigenvalue weighted by molar-refractivity contribution is -0.167. The standard InChI is InChI=1S/C33H32N2O7/c34-32(41)28-25(37)14-21-12-20-13-23-22(19-8-6-18(7-9-19)16-35-15-17-4-2-1-3-5-17)10-11-24(36)27(23)29(38)26(20)30(39)33(21,42)31(28)40/h1-11,20-21,25,28,35-37,39,42H,12-16H2,(H2,34,41)/t20-,21+,25?,28?,33+/m1/s1. The minimum Gasteiger partial charge on any atom is -0.508 e. The Bertz CT molecular complexity index is 1620. The van der Waals surface area contributed by atoms with Crippen LogP contribution in [0.25, 0.3) is 11.1 Å². The summed E-state index contributed by atoms with van der Waals surface area (Å²) in [7, 11) is 0. The number of aliphatic hydroxyl groups excluding tert-OH is 2. The van der Waals surface area contributed by atoms with Crippen molar-refractivity contribution in [2.45, 2.75) is 44.1 Å². The van der Waals surface area contributed by atoms with Gasteiger partial charge in [0.15, 0.2) is 17.2 Å². The van der Waals surface area contributed by atoms with E-state index in [9.17, 15) is 34.8 Å². The summed E-state index contributed by atoms with van der Waals surface area (Å²) in [5, 5.41) is 47.3. The first-order valence-electron chi connectivity index (χ1n) is 14.0. The first-order valence-corrected chi connectivity index (χ1v) is 14.0. The van der Waals surface area contributed by atoms with Crippen molar-refractivity contribution in [3.8, 4) is 16.9 Å². The summed E-state index contributed by atoms with van der Waals surface area (Å²) >= 11 is 0. The number of phenolic OH excluding ortho intramolecular Hbond substituents is 1. The highest BCUT2D eigenvalue weighted by molar-refractivity contribution is 6.16. The van der Waals surface area contributed by atoms with Gasteiger partial charge in [-0.05, 0) is 59.1 Å². The van der Waals surface area contributed by atoms with Gasteiger partial charge in [0.05, 0.1) is 11.7 Å². The van der Waals surface area contributed by atoms with Gasteiger partial charge in [-0.15, -0.1) is 0 Å². The average Bonchev–Trinajstić information content (AvgIpc) is 2.96. The van der Waals surface area contributed by atoms with Gasteiger partial charge in [-0.3, -0.25) is 14.4 Å². The van der Waals surface area contributed by atoms with Gasteiger partial charge in [0, 0.05) is 24.6 Å². The largest absolute Gasteiger partial charge is 0.508 e. The van der Waals surface area contributed by atoms with Crippen LogP contribution in [-0.4, -0.2) is 49.6 Å². The van der Waals surface area contributed by atoms with E-state index in [-0.39, 0.29) is 36.1 Å². The predicted molar refractivity (Wildman–Crippen MR) is 153 cm³/mol. The normalized spacial score (nSPS) is 26.8. The van der Waals surface area contributed by atoms with E-state index in [4.69, 9.17) is 5.73 Å². The van der Waals surface area contributed by atoms with Crippen LogP contribution in [0, 0.1) is 17.8 Å². The molecule has 9 nitrogen and oxygen atoms in total. The number of carbonyl (C=O) groups is 3. The van der Waals surface area contributed by atoms with Crippen LogP contribution in [0.2, 0.25) is 0 Å². The average molecular weight is 569 g/mol. The van der Waals surface area contributed by atoms with Gasteiger partial charge in [0.25, 0.3) is 0 Å². The molecule has 0 aromatic heterocycles. The first kappa shape index (κ1) is 27.8. The highest BCUT2D eigenvalue weighted by atomic mass is 16.3. The molecule has 1 fully saturated rings. The molecule has 7 N–H and O–H groups in total. The Kier molecular flexibility index (Phi) is 6.97. The lowest BCUT2D eigenvalue weighted by Gasteiger charge is -2.48. The van der Waals surface area contributed by atoms with E-state index in [1.165, 1.54) is 11.6 Å². The summed E-state index contributed by atoms with van der Waals surface area (Å²) in [5.74, 6) is -7.18. The van der Waals surface area contributed by atoms with Crippen LogP contribution in [0.3, 0.4) is 0 Å². The van der Waals surface area contributed by atoms with E-state index in [0.29, 0.717) is 12.1 Å². The van der Waals surface area contributed by atoms with Crippen molar-refractivity contribution < 1.29 is 34.8 Å². The summed E-state index contributed by atoms with van der Waals surface area (Å²) in [6.07, 6.45) is -1.16. The number of nitrogens with two attached hydrogens (primary N) is 1. The van der Waals surface area contributed by atoms with Crippen LogP contribution >= 0.6 is 0 Å². The lowest BCUT2D eigenvalue weighted by atomic mass is 9.57. The molecule has 3 aromatic carbocycles. The number of hydrogen-bond acceptors (Lipinski definition) is 8. The molecule has 9 heteroatoms. The SMILES string of the molecule is NC(=O)C1C(=O)[C@@]2(O)C(O)=C3C(=O)c4c(O)ccc(-c5ccc(CNCc6ccccc6)cc5)c4C[C@H]3C[C@H]2CC1O. The topological polar surface area (TPSA) is 170 Å². The number of phenols is 1.